The third kappa shape index (κ3) is 2.30. The number of pyridine rings is 1. The van der Waals surface area contributed by atoms with E-state index in [1.807, 2.05) is 26.8 Å². The van der Waals surface area contributed by atoms with Gasteiger partial charge < -0.3 is 4.40 Å². The van der Waals surface area contributed by atoms with Crippen molar-refractivity contribution < 1.29 is 13.2 Å². The molecule has 0 atom stereocenters. The molecular formula is C13H14F3N. The summed E-state index contributed by atoms with van der Waals surface area (Å²) in [5.41, 5.74) is 0.889. The molecule has 0 N–H and O–H groups in total. The zero-order valence-electron chi connectivity index (χ0n) is 9.97. The number of nitrogens with zero attached hydrogens (tertiary/aromatic N) is 1. The molecule has 0 aliphatic rings. The van der Waals surface area contributed by atoms with Gasteiger partial charge in [0.15, 0.2) is 0 Å². The first-order chi connectivity index (χ1) is 7.68. The van der Waals surface area contributed by atoms with Crippen LogP contribution in [0.15, 0.2) is 30.6 Å². The molecule has 0 aliphatic heterocycles. The van der Waals surface area contributed by atoms with Crippen LogP contribution in [0.1, 0.15) is 31.9 Å². The van der Waals surface area contributed by atoms with E-state index in [-0.39, 0.29) is 5.41 Å². The largest absolute Gasteiger partial charge is 0.417 e. The Balaban J connectivity index is 2.56. The Morgan fingerprint density at radius 1 is 0.941 bits per heavy atom. The predicted molar refractivity (Wildman–Crippen MR) is 61.1 cm³/mol. The molecule has 2 aromatic heterocycles. The molecule has 0 saturated heterocycles. The highest BCUT2D eigenvalue weighted by Crippen LogP contribution is 2.31. The van der Waals surface area contributed by atoms with Gasteiger partial charge in [0.1, 0.15) is 0 Å². The van der Waals surface area contributed by atoms with Crippen LogP contribution >= 0.6 is 0 Å². The molecule has 0 bridgehead atoms. The van der Waals surface area contributed by atoms with Gasteiger partial charge in [-0.25, -0.2) is 0 Å². The Labute approximate surface area is 97.9 Å². The summed E-state index contributed by atoms with van der Waals surface area (Å²) in [5.74, 6) is 0. The van der Waals surface area contributed by atoms with E-state index in [4.69, 9.17) is 0 Å². The van der Waals surface area contributed by atoms with E-state index in [9.17, 15) is 13.2 Å². The summed E-state index contributed by atoms with van der Waals surface area (Å²) in [6.45, 7) is 6.09. The van der Waals surface area contributed by atoms with Crippen molar-refractivity contribution in [3.8, 4) is 0 Å². The molecule has 92 valence electrons. The first-order valence-electron chi connectivity index (χ1n) is 5.37. The topological polar surface area (TPSA) is 4.41 Å². The first-order valence-corrected chi connectivity index (χ1v) is 5.37. The second kappa shape index (κ2) is 3.52. The van der Waals surface area contributed by atoms with Crippen molar-refractivity contribution in [2.75, 3.05) is 0 Å². The van der Waals surface area contributed by atoms with Crippen molar-refractivity contribution in [2.24, 2.45) is 0 Å². The summed E-state index contributed by atoms with van der Waals surface area (Å²) in [4.78, 5) is 0. The van der Waals surface area contributed by atoms with Crippen LogP contribution in [-0.2, 0) is 11.6 Å². The Bertz CT molecular complexity index is 532. The van der Waals surface area contributed by atoms with Crippen molar-refractivity contribution in [1.29, 1.82) is 0 Å². The number of fused-ring (bicyclic) bond motifs is 1. The Kier molecular flexibility index (Phi) is 2.49. The predicted octanol–water partition coefficient (Wildman–Crippen LogP) is 4.26. The van der Waals surface area contributed by atoms with Crippen LogP contribution in [0.5, 0.6) is 0 Å². The molecular weight excluding hydrogens is 227 g/mol. The second-order valence-electron chi connectivity index (χ2n) is 5.23. The fourth-order valence-corrected chi connectivity index (χ4v) is 1.71. The SMILES string of the molecule is CC(C)(C)c1ccc2cc(C(F)(F)F)cn2c1. The quantitative estimate of drug-likeness (QED) is 0.649. The number of alkyl halides is 3. The number of hydrogen-bond acceptors (Lipinski definition) is 0. The smallest absolute Gasteiger partial charge is 0.323 e. The summed E-state index contributed by atoms with van der Waals surface area (Å²) < 4.78 is 39.2. The van der Waals surface area contributed by atoms with E-state index in [2.05, 4.69) is 0 Å². The van der Waals surface area contributed by atoms with Crippen molar-refractivity contribution in [3.63, 3.8) is 0 Å². The molecule has 4 heteroatoms. The number of hydrogen-bond donors (Lipinski definition) is 0. The van der Waals surface area contributed by atoms with Gasteiger partial charge >= 0.3 is 6.18 Å². The van der Waals surface area contributed by atoms with Crippen molar-refractivity contribution in [1.82, 2.24) is 4.40 Å². The van der Waals surface area contributed by atoms with Gasteiger partial charge in [0.25, 0.3) is 0 Å². The van der Waals surface area contributed by atoms with E-state index >= 15 is 0 Å². The number of halogens is 3. The zero-order valence-corrected chi connectivity index (χ0v) is 9.97. The van der Waals surface area contributed by atoms with Gasteiger partial charge in [0.05, 0.1) is 5.56 Å². The Hall–Kier alpha value is -1.45. The van der Waals surface area contributed by atoms with Gasteiger partial charge in [-0.1, -0.05) is 26.8 Å². The molecule has 2 aromatic rings. The molecule has 0 saturated carbocycles. The van der Waals surface area contributed by atoms with E-state index in [0.717, 1.165) is 17.8 Å². The van der Waals surface area contributed by atoms with Crippen LogP contribution in [0.3, 0.4) is 0 Å². The van der Waals surface area contributed by atoms with Crippen LogP contribution < -0.4 is 0 Å². The molecule has 0 radical (unpaired) electrons. The van der Waals surface area contributed by atoms with Gasteiger partial charge in [-0.15, -0.1) is 0 Å². The van der Waals surface area contributed by atoms with Gasteiger partial charge in [-0.2, -0.15) is 13.2 Å². The minimum Gasteiger partial charge on any atom is -0.323 e. The van der Waals surface area contributed by atoms with E-state index in [1.54, 1.807) is 12.3 Å². The standard InChI is InChI=1S/C13H14F3N/c1-12(2,3)9-4-5-11-6-10(13(14,15)16)8-17(11)7-9/h4-8H,1-3H3. The molecule has 2 rings (SSSR count). The molecule has 0 fully saturated rings. The highest BCUT2D eigenvalue weighted by atomic mass is 19.4. The summed E-state index contributed by atoms with van der Waals surface area (Å²) in [6, 6.07) is 4.75. The average molecular weight is 241 g/mol. The van der Waals surface area contributed by atoms with E-state index in [1.165, 1.54) is 4.40 Å². The number of rotatable bonds is 0. The maximum Gasteiger partial charge on any atom is 0.417 e. The molecule has 0 aromatic carbocycles. The minimum absolute atomic E-state index is 0.0726. The minimum atomic E-state index is -4.28. The van der Waals surface area contributed by atoms with Crippen molar-refractivity contribution >= 4 is 5.52 Å². The van der Waals surface area contributed by atoms with Gasteiger partial charge in [0.2, 0.25) is 0 Å². The third-order valence-electron chi connectivity index (χ3n) is 2.78. The maximum absolute atomic E-state index is 12.5. The van der Waals surface area contributed by atoms with Gasteiger partial charge in [0, 0.05) is 17.9 Å². The third-order valence-corrected chi connectivity index (χ3v) is 2.78. The molecule has 17 heavy (non-hydrogen) atoms. The summed E-state index contributed by atoms with van der Waals surface area (Å²) in [5, 5.41) is 0. The Morgan fingerprint density at radius 3 is 2.06 bits per heavy atom. The summed E-state index contributed by atoms with van der Waals surface area (Å²) in [6.07, 6.45) is -1.40. The van der Waals surface area contributed by atoms with Gasteiger partial charge in [-0.3, -0.25) is 0 Å². The molecule has 0 aliphatic carbocycles. The van der Waals surface area contributed by atoms with E-state index in [0.29, 0.717) is 5.52 Å². The second-order valence-corrected chi connectivity index (χ2v) is 5.23. The van der Waals surface area contributed by atoms with Crippen LogP contribution in [0.25, 0.3) is 5.52 Å². The summed E-state index contributed by atoms with van der Waals surface area (Å²) in [7, 11) is 0. The highest BCUT2D eigenvalue weighted by Gasteiger charge is 2.31. The van der Waals surface area contributed by atoms with Crippen LogP contribution in [-0.4, -0.2) is 4.40 Å². The molecule has 1 nitrogen and oxygen atoms in total. The molecule has 0 spiro atoms. The van der Waals surface area contributed by atoms with Crippen LogP contribution in [0, 0.1) is 0 Å². The summed E-state index contributed by atoms with van der Waals surface area (Å²) >= 11 is 0. The van der Waals surface area contributed by atoms with Crippen LogP contribution in [0.4, 0.5) is 13.2 Å². The highest BCUT2D eigenvalue weighted by molar-refractivity contribution is 5.52. The van der Waals surface area contributed by atoms with Crippen LogP contribution in [0.2, 0.25) is 0 Å². The van der Waals surface area contributed by atoms with Crippen molar-refractivity contribution in [3.05, 3.63) is 41.7 Å². The zero-order chi connectivity index (χ0) is 12.8. The lowest BCUT2D eigenvalue weighted by Crippen LogP contribution is -2.11. The van der Waals surface area contributed by atoms with E-state index < -0.39 is 11.7 Å². The Morgan fingerprint density at radius 2 is 1.53 bits per heavy atom. The van der Waals surface area contributed by atoms with Gasteiger partial charge in [-0.05, 0) is 23.1 Å². The van der Waals surface area contributed by atoms with Crippen molar-refractivity contribution in [2.45, 2.75) is 32.4 Å². The lowest BCUT2D eigenvalue weighted by atomic mass is 9.88. The fraction of sp³-hybridized carbons (Fsp3) is 0.385. The lowest BCUT2D eigenvalue weighted by Gasteiger charge is -2.18. The monoisotopic (exact) mass is 241 g/mol. The lowest BCUT2D eigenvalue weighted by molar-refractivity contribution is -0.137. The maximum atomic E-state index is 12.5. The first kappa shape index (κ1) is 12.0. The normalized spacial score (nSPS) is 13.3. The fourth-order valence-electron chi connectivity index (χ4n) is 1.71. The molecule has 0 amide bonds. The molecule has 0 unspecified atom stereocenters. The average Bonchev–Trinajstić information content (AvgIpc) is 2.57. The molecule has 2 heterocycles. The number of aromatic nitrogens is 1.